The lowest BCUT2D eigenvalue weighted by Gasteiger charge is -2.41. The van der Waals surface area contributed by atoms with Crippen molar-refractivity contribution in [1.82, 2.24) is 9.88 Å². The van der Waals surface area contributed by atoms with Crippen LogP contribution in [0.1, 0.15) is 31.3 Å². The standard InChI is InChI=1S/C13H17BrN2O2/c1-9-7-16(8-13(2,3)18-9)12(17)10-5-4-6-11(14)15-10/h4-6,9H,7-8H2,1-3H3. The van der Waals surface area contributed by atoms with E-state index < -0.39 is 0 Å². The Labute approximate surface area is 115 Å². The van der Waals surface area contributed by atoms with Gasteiger partial charge in [0.05, 0.1) is 11.7 Å². The van der Waals surface area contributed by atoms with Gasteiger partial charge in [0, 0.05) is 13.1 Å². The van der Waals surface area contributed by atoms with Crippen LogP contribution in [0.25, 0.3) is 0 Å². The molecule has 1 aliphatic rings. The van der Waals surface area contributed by atoms with E-state index in [9.17, 15) is 4.79 Å². The summed E-state index contributed by atoms with van der Waals surface area (Å²) >= 11 is 3.28. The van der Waals surface area contributed by atoms with Crippen LogP contribution in [0.3, 0.4) is 0 Å². The minimum atomic E-state index is -0.306. The SMILES string of the molecule is CC1CN(C(=O)c2cccc(Br)n2)CC(C)(C)O1. The molecule has 1 amide bonds. The Hall–Kier alpha value is -0.940. The van der Waals surface area contributed by atoms with E-state index >= 15 is 0 Å². The summed E-state index contributed by atoms with van der Waals surface area (Å²) in [7, 11) is 0. The Balaban J connectivity index is 2.18. The van der Waals surface area contributed by atoms with Gasteiger partial charge in [0.25, 0.3) is 5.91 Å². The molecule has 5 heteroatoms. The molecule has 0 radical (unpaired) electrons. The van der Waals surface area contributed by atoms with E-state index in [1.54, 1.807) is 6.07 Å². The maximum absolute atomic E-state index is 12.4. The second-order valence-electron chi connectivity index (χ2n) is 5.22. The molecule has 0 bridgehead atoms. The molecule has 18 heavy (non-hydrogen) atoms. The molecule has 2 heterocycles. The molecule has 1 saturated heterocycles. The smallest absolute Gasteiger partial charge is 0.272 e. The predicted octanol–water partition coefficient (Wildman–Crippen LogP) is 2.48. The number of amides is 1. The van der Waals surface area contributed by atoms with Crippen molar-refractivity contribution in [3.05, 3.63) is 28.5 Å². The molecule has 0 saturated carbocycles. The number of morpholine rings is 1. The molecule has 1 fully saturated rings. The zero-order chi connectivity index (χ0) is 13.3. The zero-order valence-corrected chi connectivity index (χ0v) is 12.4. The highest BCUT2D eigenvalue weighted by molar-refractivity contribution is 9.10. The Kier molecular flexibility index (Phi) is 3.73. The molecule has 0 aromatic carbocycles. The van der Waals surface area contributed by atoms with Crippen molar-refractivity contribution in [2.45, 2.75) is 32.5 Å². The minimum absolute atomic E-state index is 0.0421. The van der Waals surface area contributed by atoms with Gasteiger partial charge in [-0.1, -0.05) is 6.07 Å². The molecular weight excluding hydrogens is 296 g/mol. The molecule has 0 N–H and O–H groups in total. The van der Waals surface area contributed by atoms with Crippen molar-refractivity contribution in [1.29, 1.82) is 0 Å². The van der Waals surface area contributed by atoms with Crippen molar-refractivity contribution in [2.24, 2.45) is 0 Å². The maximum atomic E-state index is 12.4. The normalized spacial score (nSPS) is 22.9. The summed E-state index contributed by atoms with van der Waals surface area (Å²) in [6, 6.07) is 5.36. The second-order valence-corrected chi connectivity index (χ2v) is 6.03. The van der Waals surface area contributed by atoms with E-state index in [1.807, 2.05) is 37.8 Å². The third-order valence-corrected chi connectivity index (χ3v) is 3.23. The van der Waals surface area contributed by atoms with Gasteiger partial charge in [0.15, 0.2) is 0 Å². The number of rotatable bonds is 1. The van der Waals surface area contributed by atoms with Gasteiger partial charge in [0.2, 0.25) is 0 Å². The lowest BCUT2D eigenvalue weighted by atomic mass is 10.1. The monoisotopic (exact) mass is 312 g/mol. The number of carbonyl (C=O) groups excluding carboxylic acids is 1. The first kappa shape index (κ1) is 13.5. The third kappa shape index (κ3) is 3.09. The summed E-state index contributed by atoms with van der Waals surface area (Å²) in [5, 5.41) is 0. The fraction of sp³-hybridized carbons (Fsp3) is 0.538. The van der Waals surface area contributed by atoms with Gasteiger partial charge in [-0.15, -0.1) is 0 Å². The van der Waals surface area contributed by atoms with Crippen molar-refractivity contribution in [3.8, 4) is 0 Å². The van der Waals surface area contributed by atoms with Gasteiger partial charge >= 0.3 is 0 Å². The first-order valence-electron chi connectivity index (χ1n) is 5.97. The number of halogens is 1. The van der Waals surface area contributed by atoms with Gasteiger partial charge < -0.3 is 9.64 Å². The second kappa shape index (κ2) is 4.97. The number of hydrogen-bond donors (Lipinski definition) is 0. The predicted molar refractivity (Wildman–Crippen MR) is 72.5 cm³/mol. The fourth-order valence-electron chi connectivity index (χ4n) is 2.30. The van der Waals surface area contributed by atoms with Crippen LogP contribution in [-0.4, -0.2) is 40.6 Å². The van der Waals surface area contributed by atoms with E-state index in [0.717, 1.165) is 0 Å². The zero-order valence-electron chi connectivity index (χ0n) is 10.8. The number of ether oxygens (including phenoxy) is 1. The topological polar surface area (TPSA) is 42.4 Å². The summed E-state index contributed by atoms with van der Waals surface area (Å²) in [5.74, 6) is -0.0421. The Morgan fingerprint density at radius 1 is 1.56 bits per heavy atom. The maximum Gasteiger partial charge on any atom is 0.272 e. The highest BCUT2D eigenvalue weighted by atomic mass is 79.9. The summed E-state index contributed by atoms with van der Waals surface area (Å²) in [4.78, 5) is 18.4. The first-order valence-corrected chi connectivity index (χ1v) is 6.76. The van der Waals surface area contributed by atoms with Gasteiger partial charge in [0.1, 0.15) is 10.3 Å². The van der Waals surface area contributed by atoms with Crippen molar-refractivity contribution in [3.63, 3.8) is 0 Å². The molecule has 1 aliphatic heterocycles. The molecular formula is C13H17BrN2O2. The van der Waals surface area contributed by atoms with Crippen LogP contribution in [-0.2, 0) is 4.74 Å². The molecule has 1 aromatic rings. The number of carbonyl (C=O) groups is 1. The van der Waals surface area contributed by atoms with Crippen molar-refractivity contribution in [2.75, 3.05) is 13.1 Å². The minimum Gasteiger partial charge on any atom is -0.369 e. The van der Waals surface area contributed by atoms with E-state index in [-0.39, 0.29) is 17.6 Å². The number of aromatic nitrogens is 1. The largest absolute Gasteiger partial charge is 0.369 e. The van der Waals surface area contributed by atoms with Gasteiger partial charge in [-0.2, -0.15) is 0 Å². The van der Waals surface area contributed by atoms with Crippen LogP contribution in [0.4, 0.5) is 0 Å². The lowest BCUT2D eigenvalue weighted by Crippen LogP contribution is -2.53. The summed E-state index contributed by atoms with van der Waals surface area (Å²) in [6.45, 7) is 7.17. The Morgan fingerprint density at radius 2 is 2.28 bits per heavy atom. The molecule has 1 aromatic heterocycles. The average Bonchev–Trinajstić information content (AvgIpc) is 2.25. The molecule has 0 spiro atoms. The molecule has 0 aliphatic carbocycles. The summed E-state index contributed by atoms with van der Waals surface area (Å²) < 4.78 is 6.46. The van der Waals surface area contributed by atoms with Crippen LogP contribution < -0.4 is 0 Å². The third-order valence-electron chi connectivity index (χ3n) is 2.79. The van der Waals surface area contributed by atoms with Gasteiger partial charge in [-0.25, -0.2) is 4.98 Å². The lowest BCUT2D eigenvalue weighted by molar-refractivity contribution is -0.118. The van der Waals surface area contributed by atoms with Crippen LogP contribution in [0, 0.1) is 0 Å². The van der Waals surface area contributed by atoms with Crippen LogP contribution in [0.15, 0.2) is 22.8 Å². The Bertz CT molecular complexity index is 462. The molecule has 2 rings (SSSR count). The molecule has 1 unspecified atom stereocenters. The van der Waals surface area contributed by atoms with E-state index in [1.165, 1.54) is 0 Å². The van der Waals surface area contributed by atoms with E-state index in [0.29, 0.717) is 23.4 Å². The van der Waals surface area contributed by atoms with E-state index in [4.69, 9.17) is 4.74 Å². The molecule has 4 nitrogen and oxygen atoms in total. The van der Waals surface area contributed by atoms with Crippen LogP contribution in [0.5, 0.6) is 0 Å². The van der Waals surface area contributed by atoms with E-state index in [2.05, 4.69) is 20.9 Å². The average molecular weight is 313 g/mol. The highest BCUT2D eigenvalue weighted by Gasteiger charge is 2.34. The van der Waals surface area contributed by atoms with Gasteiger partial charge in [-0.3, -0.25) is 4.79 Å². The van der Waals surface area contributed by atoms with Crippen LogP contribution in [0.2, 0.25) is 0 Å². The summed E-state index contributed by atoms with van der Waals surface area (Å²) in [6.07, 6.45) is 0.0462. The number of hydrogen-bond acceptors (Lipinski definition) is 3. The molecule has 98 valence electrons. The summed E-state index contributed by atoms with van der Waals surface area (Å²) in [5.41, 5.74) is 0.161. The van der Waals surface area contributed by atoms with Crippen molar-refractivity contribution >= 4 is 21.8 Å². The Morgan fingerprint density at radius 3 is 2.89 bits per heavy atom. The molecule has 1 atom stereocenters. The quantitative estimate of drug-likeness (QED) is 0.748. The number of pyridine rings is 1. The number of nitrogens with zero attached hydrogens (tertiary/aromatic N) is 2. The van der Waals surface area contributed by atoms with Crippen molar-refractivity contribution < 1.29 is 9.53 Å². The van der Waals surface area contributed by atoms with Gasteiger partial charge in [-0.05, 0) is 48.8 Å². The highest BCUT2D eigenvalue weighted by Crippen LogP contribution is 2.22. The van der Waals surface area contributed by atoms with Crippen LogP contribution >= 0.6 is 15.9 Å². The first-order chi connectivity index (χ1) is 8.37. The fourth-order valence-corrected chi connectivity index (χ4v) is 2.64.